The fourth-order valence-electron chi connectivity index (χ4n) is 4.12. The molecule has 6 nitrogen and oxygen atoms in total. The van der Waals surface area contributed by atoms with Gasteiger partial charge in [-0.15, -0.1) is 11.3 Å². The second-order valence-corrected chi connectivity index (χ2v) is 10.9. The molecule has 0 spiro atoms. The number of aromatic nitrogens is 1. The lowest BCUT2D eigenvalue weighted by Gasteiger charge is -2.15. The molecule has 0 bridgehead atoms. The van der Waals surface area contributed by atoms with Crippen molar-refractivity contribution in [3.8, 4) is 21.7 Å². The highest BCUT2D eigenvalue weighted by molar-refractivity contribution is 7.89. The van der Waals surface area contributed by atoms with Gasteiger partial charge in [-0.05, 0) is 48.1 Å². The van der Waals surface area contributed by atoms with Crippen molar-refractivity contribution in [1.29, 1.82) is 0 Å². The van der Waals surface area contributed by atoms with Gasteiger partial charge < -0.3 is 4.90 Å². The zero-order chi connectivity index (χ0) is 23.5. The molecule has 3 aromatic rings. The number of carbonyl (C=O) groups is 1. The number of amides is 1. The average Bonchev–Trinajstić information content (AvgIpc) is 3.18. The summed E-state index contributed by atoms with van der Waals surface area (Å²) in [5, 5.41) is 5.41. The number of hydrogen-bond donors (Lipinski definition) is 1. The highest BCUT2D eigenvalue weighted by Crippen LogP contribution is 2.46. The number of sulfonamides is 1. The molecular formula is C22H18F3N3O3S2. The summed E-state index contributed by atoms with van der Waals surface area (Å²) in [7, 11) is -3.88. The van der Waals surface area contributed by atoms with Gasteiger partial charge in [-0.25, -0.2) is 18.5 Å². The Labute approximate surface area is 191 Å². The van der Waals surface area contributed by atoms with Crippen molar-refractivity contribution in [2.75, 3.05) is 13.1 Å². The Hall–Kier alpha value is -2.76. The first kappa shape index (κ1) is 22.1. The zero-order valence-corrected chi connectivity index (χ0v) is 18.7. The molecule has 1 saturated carbocycles. The fourth-order valence-corrected chi connectivity index (χ4v) is 5.69. The van der Waals surface area contributed by atoms with Gasteiger partial charge >= 0.3 is 6.18 Å². The van der Waals surface area contributed by atoms with Gasteiger partial charge in [0.2, 0.25) is 10.0 Å². The van der Waals surface area contributed by atoms with Crippen LogP contribution in [0.15, 0.2) is 53.4 Å². The number of thiazole rings is 1. The zero-order valence-electron chi connectivity index (χ0n) is 17.0. The number of carbonyl (C=O) groups excluding carboxylic acids is 1. The van der Waals surface area contributed by atoms with E-state index in [0.29, 0.717) is 46.6 Å². The Morgan fingerprint density at radius 1 is 1.00 bits per heavy atom. The van der Waals surface area contributed by atoms with Crippen molar-refractivity contribution in [2.45, 2.75) is 17.5 Å². The molecule has 2 aromatic carbocycles. The van der Waals surface area contributed by atoms with Gasteiger partial charge in [0, 0.05) is 18.7 Å². The average molecular weight is 494 g/mol. The minimum atomic E-state index is -4.47. The molecule has 2 aliphatic rings. The van der Waals surface area contributed by atoms with Crippen LogP contribution in [0.1, 0.15) is 21.8 Å². The number of nitrogens with zero attached hydrogens (tertiary/aromatic N) is 2. The summed E-state index contributed by atoms with van der Waals surface area (Å²) in [5.41, 5.74) is 0.587. The Kier molecular flexibility index (Phi) is 5.11. The number of fused-ring (bicyclic) bond motifs is 1. The maximum absolute atomic E-state index is 13.0. The number of primary sulfonamides is 1. The molecule has 2 fully saturated rings. The molecule has 1 aliphatic heterocycles. The second-order valence-electron chi connectivity index (χ2n) is 8.31. The van der Waals surface area contributed by atoms with Crippen LogP contribution in [0.5, 0.6) is 0 Å². The Balaban J connectivity index is 1.55. The van der Waals surface area contributed by atoms with Crippen molar-refractivity contribution < 1.29 is 26.4 Å². The van der Waals surface area contributed by atoms with E-state index in [4.69, 9.17) is 5.14 Å². The molecule has 2 unspecified atom stereocenters. The Morgan fingerprint density at radius 2 is 1.58 bits per heavy atom. The summed E-state index contributed by atoms with van der Waals surface area (Å²) in [5.74, 6) is 0.898. The lowest BCUT2D eigenvalue weighted by molar-refractivity contribution is -0.137. The normalized spacial score (nSPS) is 20.1. The molecule has 5 rings (SSSR count). The third kappa shape index (κ3) is 4.28. The first-order valence-electron chi connectivity index (χ1n) is 10.1. The quantitative estimate of drug-likeness (QED) is 0.589. The van der Waals surface area contributed by atoms with Crippen LogP contribution in [0.3, 0.4) is 0 Å². The van der Waals surface area contributed by atoms with E-state index in [-0.39, 0.29) is 15.8 Å². The van der Waals surface area contributed by atoms with Crippen molar-refractivity contribution in [1.82, 2.24) is 9.88 Å². The molecule has 172 valence electrons. The highest BCUT2D eigenvalue weighted by atomic mass is 32.2. The van der Waals surface area contributed by atoms with Gasteiger partial charge in [0.15, 0.2) is 5.01 Å². The predicted octanol–water partition coefficient (Wildman–Crippen LogP) is 4.24. The minimum absolute atomic E-state index is 0.0700. The summed E-state index contributed by atoms with van der Waals surface area (Å²) in [4.78, 5) is 19.8. The van der Waals surface area contributed by atoms with Crippen LogP contribution in [0, 0.1) is 11.8 Å². The topological polar surface area (TPSA) is 93.4 Å². The largest absolute Gasteiger partial charge is 0.416 e. The van der Waals surface area contributed by atoms with Crippen LogP contribution < -0.4 is 5.14 Å². The Bertz CT molecular complexity index is 1320. The fraction of sp³-hybridized carbons (Fsp3) is 0.273. The third-order valence-electron chi connectivity index (χ3n) is 6.01. The number of hydrogen-bond acceptors (Lipinski definition) is 5. The van der Waals surface area contributed by atoms with E-state index >= 15 is 0 Å². The number of piperidine rings is 1. The number of nitrogens with two attached hydrogens (primary N) is 1. The first-order chi connectivity index (χ1) is 15.5. The third-order valence-corrected chi connectivity index (χ3v) is 8.03. The van der Waals surface area contributed by atoms with Crippen LogP contribution in [0.4, 0.5) is 13.2 Å². The van der Waals surface area contributed by atoms with Crippen LogP contribution in [0.25, 0.3) is 21.7 Å². The summed E-state index contributed by atoms with van der Waals surface area (Å²) < 4.78 is 62.1. The molecule has 11 heteroatoms. The van der Waals surface area contributed by atoms with Gasteiger partial charge in [-0.3, -0.25) is 4.79 Å². The van der Waals surface area contributed by atoms with Crippen LogP contribution in [-0.4, -0.2) is 37.3 Å². The number of halogens is 3. The molecular weight excluding hydrogens is 475 g/mol. The molecule has 33 heavy (non-hydrogen) atoms. The predicted molar refractivity (Wildman–Crippen MR) is 117 cm³/mol. The van der Waals surface area contributed by atoms with Gasteiger partial charge in [0.05, 0.1) is 21.0 Å². The van der Waals surface area contributed by atoms with E-state index in [0.717, 1.165) is 29.9 Å². The van der Waals surface area contributed by atoms with Crippen molar-refractivity contribution >= 4 is 27.3 Å². The van der Waals surface area contributed by atoms with E-state index in [1.165, 1.54) is 24.3 Å². The minimum Gasteiger partial charge on any atom is -0.336 e. The molecule has 1 amide bonds. The number of rotatable bonds is 4. The second kappa shape index (κ2) is 7.64. The summed E-state index contributed by atoms with van der Waals surface area (Å²) in [6.07, 6.45) is -3.33. The van der Waals surface area contributed by atoms with E-state index in [9.17, 15) is 26.4 Å². The summed E-state index contributed by atoms with van der Waals surface area (Å²) >= 11 is 1.14. The Morgan fingerprint density at radius 3 is 2.12 bits per heavy atom. The lowest BCUT2D eigenvalue weighted by atomic mass is 10.0. The number of likely N-dealkylation sites (tertiary alicyclic amines) is 1. The smallest absolute Gasteiger partial charge is 0.336 e. The molecule has 2 atom stereocenters. The first-order valence-corrected chi connectivity index (χ1v) is 12.5. The van der Waals surface area contributed by atoms with E-state index in [2.05, 4.69) is 4.98 Å². The van der Waals surface area contributed by atoms with Gasteiger partial charge in [-0.2, -0.15) is 13.2 Å². The standard InChI is InChI=1S/C22H18F3N3O3S2/c23-22(24,25)16-5-1-12(2-6-16)18-19(13-3-7-17(8-4-13)33(26,30)31)32-20(27-18)21(29)28-10-14-9-15(14)11-28/h1-8,14-15H,9-11H2,(H2,26,30,31). The van der Waals surface area contributed by atoms with E-state index < -0.39 is 21.8 Å². The maximum atomic E-state index is 13.0. The highest BCUT2D eigenvalue weighted by Gasteiger charge is 2.47. The van der Waals surface area contributed by atoms with Crippen LogP contribution >= 0.6 is 11.3 Å². The molecule has 2 N–H and O–H groups in total. The van der Waals surface area contributed by atoms with Crippen LogP contribution in [-0.2, 0) is 16.2 Å². The number of alkyl halides is 3. The maximum Gasteiger partial charge on any atom is 0.416 e. The molecule has 1 aliphatic carbocycles. The lowest BCUT2D eigenvalue weighted by Crippen LogP contribution is -2.30. The van der Waals surface area contributed by atoms with E-state index in [1.54, 1.807) is 17.0 Å². The molecule has 1 aromatic heterocycles. The van der Waals surface area contributed by atoms with E-state index in [1.807, 2.05) is 0 Å². The summed E-state index contributed by atoms with van der Waals surface area (Å²) in [6.45, 7) is 1.38. The SMILES string of the molecule is NS(=O)(=O)c1ccc(-c2sc(C(=O)N3CC4CC4C3)nc2-c2ccc(C(F)(F)F)cc2)cc1. The van der Waals surface area contributed by atoms with Crippen LogP contribution in [0.2, 0.25) is 0 Å². The molecule has 2 heterocycles. The molecule has 1 saturated heterocycles. The van der Waals surface area contributed by atoms with Gasteiger partial charge in [0.25, 0.3) is 5.91 Å². The van der Waals surface area contributed by atoms with Crippen molar-refractivity contribution in [3.05, 3.63) is 59.1 Å². The molecule has 0 radical (unpaired) electrons. The monoisotopic (exact) mass is 493 g/mol. The summed E-state index contributed by atoms with van der Waals surface area (Å²) in [6, 6.07) is 10.3. The number of benzene rings is 2. The van der Waals surface area contributed by atoms with Crippen molar-refractivity contribution in [3.63, 3.8) is 0 Å². The van der Waals surface area contributed by atoms with Gasteiger partial charge in [0.1, 0.15) is 0 Å². The van der Waals surface area contributed by atoms with Crippen molar-refractivity contribution in [2.24, 2.45) is 17.0 Å². The van der Waals surface area contributed by atoms with Gasteiger partial charge in [-0.1, -0.05) is 24.3 Å².